The molecule has 1 aromatic heterocycles. The van der Waals surface area contributed by atoms with Gasteiger partial charge in [0.2, 0.25) is 5.91 Å². The van der Waals surface area contributed by atoms with Gasteiger partial charge in [-0.2, -0.15) is 0 Å². The molecule has 2 aromatic carbocycles. The SMILES string of the molecule is NC(=O)Cn1cc(C=C2NC(=O)N(Cc3ccc(Cl)cc3)C2=O)c2ccccc21. The lowest BCUT2D eigenvalue weighted by Gasteiger charge is -2.11. The van der Waals surface area contributed by atoms with Gasteiger partial charge in [-0.05, 0) is 29.8 Å². The second-order valence-electron chi connectivity index (χ2n) is 6.70. The number of nitrogens with zero attached hydrogens (tertiary/aromatic N) is 2. The van der Waals surface area contributed by atoms with E-state index >= 15 is 0 Å². The van der Waals surface area contributed by atoms with Gasteiger partial charge < -0.3 is 15.6 Å². The van der Waals surface area contributed by atoms with E-state index in [9.17, 15) is 14.4 Å². The number of halogens is 1. The van der Waals surface area contributed by atoms with Crippen LogP contribution in [0.3, 0.4) is 0 Å². The summed E-state index contributed by atoms with van der Waals surface area (Å²) in [7, 11) is 0. The van der Waals surface area contributed by atoms with Crippen molar-refractivity contribution in [2.75, 3.05) is 0 Å². The zero-order valence-electron chi connectivity index (χ0n) is 15.3. The Morgan fingerprint density at radius 3 is 2.55 bits per heavy atom. The molecule has 0 spiro atoms. The molecule has 0 radical (unpaired) electrons. The number of benzene rings is 2. The standard InChI is InChI=1S/C21H17ClN4O3/c22-15-7-5-13(6-8-15)10-26-20(28)17(24-21(26)29)9-14-11-25(12-19(23)27)18-4-2-1-3-16(14)18/h1-9,11H,10,12H2,(H2,23,27)(H,24,29). The molecule has 1 aliphatic rings. The maximum absolute atomic E-state index is 12.8. The van der Waals surface area contributed by atoms with Gasteiger partial charge in [0.1, 0.15) is 12.2 Å². The summed E-state index contributed by atoms with van der Waals surface area (Å²) < 4.78 is 1.72. The Kier molecular flexibility index (Phi) is 4.82. The van der Waals surface area contributed by atoms with Crippen molar-refractivity contribution < 1.29 is 14.4 Å². The largest absolute Gasteiger partial charge is 0.368 e. The molecule has 0 atom stereocenters. The number of imide groups is 1. The fraction of sp³-hybridized carbons (Fsp3) is 0.0952. The van der Waals surface area contributed by atoms with E-state index in [4.69, 9.17) is 17.3 Å². The highest BCUT2D eigenvalue weighted by Crippen LogP contribution is 2.25. The van der Waals surface area contributed by atoms with Crippen LogP contribution >= 0.6 is 11.6 Å². The van der Waals surface area contributed by atoms with Gasteiger partial charge in [-0.3, -0.25) is 14.5 Å². The average Bonchev–Trinajstić information content (AvgIpc) is 3.16. The number of rotatable bonds is 5. The molecule has 29 heavy (non-hydrogen) atoms. The quantitative estimate of drug-likeness (QED) is 0.501. The van der Waals surface area contributed by atoms with Crippen LogP contribution in [0, 0.1) is 0 Å². The number of hydrogen-bond donors (Lipinski definition) is 2. The van der Waals surface area contributed by atoms with Crippen molar-refractivity contribution in [1.82, 2.24) is 14.8 Å². The second kappa shape index (κ2) is 7.44. The van der Waals surface area contributed by atoms with Crippen molar-refractivity contribution in [3.05, 3.63) is 76.6 Å². The van der Waals surface area contributed by atoms with Gasteiger partial charge in [-0.25, -0.2) is 4.79 Å². The van der Waals surface area contributed by atoms with Crippen LogP contribution in [0.15, 0.2) is 60.4 Å². The molecule has 0 saturated carbocycles. The minimum Gasteiger partial charge on any atom is -0.368 e. The summed E-state index contributed by atoms with van der Waals surface area (Å²) in [6.07, 6.45) is 3.35. The smallest absolute Gasteiger partial charge is 0.329 e. The number of amides is 4. The molecule has 146 valence electrons. The van der Waals surface area contributed by atoms with Crippen LogP contribution in [0.25, 0.3) is 17.0 Å². The van der Waals surface area contributed by atoms with Crippen LogP contribution < -0.4 is 11.1 Å². The molecule has 7 nitrogen and oxygen atoms in total. The van der Waals surface area contributed by atoms with Gasteiger partial charge in [0.15, 0.2) is 0 Å². The van der Waals surface area contributed by atoms with E-state index in [0.29, 0.717) is 10.6 Å². The van der Waals surface area contributed by atoms with Crippen LogP contribution in [0.5, 0.6) is 0 Å². The molecule has 4 rings (SSSR count). The maximum atomic E-state index is 12.8. The normalized spacial score (nSPS) is 15.3. The molecule has 0 aliphatic carbocycles. The zero-order chi connectivity index (χ0) is 20.5. The first-order chi connectivity index (χ1) is 13.9. The number of para-hydroxylation sites is 1. The molecule has 0 bridgehead atoms. The summed E-state index contributed by atoms with van der Waals surface area (Å²) in [5.74, 6) is -0.888. The van der Waals surface area contributed by atoms with Gasteiger partial charge in [0, 0.05) is 27.7 Å². The molecule has 3 N–H and O–H groups in total. The molecule has 3 aromatic rings. The zero-order valence-corrected chi connectivity index (χ0v) is 16.0. The van der Waals surface area contributed by atoms with Crippen LogP contribution in [0.2, 0.25) is 5.02 Å². The molecule has 1 fully saturated rings. The first kappa shape index (κ1) is 18.8. The number of urea groups is 1. The molecule has 4 amide bonds. The molecule has 8 heteroatoms. The minimum atomic E-state index is -0.489. The predicted octanol–water partition coefficient (Wildman–Crippen LogP) is 2.87. The Bertz CT molecular complexity index is 1160. The Morgan fingerprint density at radius 2 is 1.83 bits per heavy atom. The van der Waals surface area contributed by atoms with Crippen molar-refractivity contribution in [3.8, 4) is 0 Å². The van der Waals surface area contributed by atoms with E-state index in [2.05, 4.69) is 5.32 Å². The first-order valence-electron chi connectivity index (χ1n) is 8.87. The third kappa shape index (κ3) is 3.72. The fourth-order valence-electron chi connectivity index (χ4n) is 3.33. The van der Waals surface area contributed by atoms with E-state index in [0.717, 1.165) is 21.4 Å². The van der Waals surface area contributed by atoms with Crippen LogP contribution in [-0.4, -0.2) is 27.3 Å². The van der Waals surface area contributed by atoms with E-state index in [1.165, 1.54) is 0 Å². The summed E-state index contributed by atoms with van der Waals surface area (Å²) in [6.45, 7) is 0.162. The van der Waals surface area contributed by atoms with Crippen molar-refractivity contribution in [3.63, 3.8) is 0 Å². The number of hydrogen-bond acceptors (Lipinski definition) is 3. The highest BCUT2D eigenvalue weighted by molar-refractivity contribution is 6.30. The van der Waals surface area contributed by atoms with Crippen molar-refractivity contribution in [2.24, 2.45) is 5.73 Å². The van der Waals surface area contributed by atoms with E-state index in [1.807, 2.05) is 24.3 Å². The van der Waals surface area contributed by atoms with E-state index < -0.39 is 17.8 Å². The third-order valence-electron chi connectivity index (χ3n) is 4.66. The van der Waals surface area contributed by atoms with E-state index in [-0.39, 0.29) is 18.8 Å². The van der Waals surface area contributed by atoms with Gasteiger partial charge >= 0.3 is 6.03 Å². The average molecular weight is 409 g/mol. The van der Waals surface area contributed by atoms with Crippen LogP contribution in [-0.2, 0) is 22.7 Å². The van der Waals surface area contributed by atoms with Crippen LogP contribution in [0.1, 0.15) is 11.1 Å². The first-order valence-corrected chi connectivity index (χ1v) is 9.25. The van der Waals surface area contributed by atoms with Gasteiger partial charge in [0.05, 0.1) is 6.54 Å². The number of aromatic nitrogens is 1. The Hall–Kier alpha value is -3.58. The minimum absolute atomic E-state index is 0.0205. The Morgan fingerprint density at radius 1 is 1.10 bits per heavy atom. The number of carbonyl (C=O) groups excluding carboxylic acids is 3. The predicted molar refractivity (Wildman–Crippen MR) is 110 cm³/mol. The van der Waals surface area contributed by atoms with Gasteiger partial charge in [-0.15, -0.1) is 0 Å². The molecule has 0 unspecified atom stereocenters. The van der Waals surface area contributed by atoms with Gasteiger partial charge in [-0.1, -0.05) is 41.9 Å². The summed E-state index contributed by atoms with van der Waals surface area (Å²) in [5, 5.41) is 4.05. The van der Waals surface area contributed by atoms with E-state index in [1.54, 1.807) is 41.1 Å². The number of nitrogens with one attached hydrogen (secondary N) is 1. The summed E-state index contributed by atoms with van der Waals surface area (Å²) in [6, 6.07) is 13.9. The highest BCUT2D eigenvalue weighted by Gasteiger charge is 2.33. The second-order valence-corrected chi connectivity index (χ2v) is 7.14. The number of fused-ring (bicyclic) bond motifs is 1. The van der Waals surface area contributed by atoms with Crippen molar-refractivity contribution in [1.29, 1.82) is 0 Å². The summed E-state index contributed by atoms with van der Waals surface area (Å²) in [5.41, 5.74) is 7.81. The molecule has 1 aliphatic heterocycles. The highest BCUT2D eigenvalue weighted by atomic mass is 35.5. The third-order valence-corrected chi connectivity index (χ3v) is 4.91. The number of nitrogens with two attached hydrogens (primary N) is 1. The maximum Gasteiger partial charge on any atom is 0.329 e. The van der Waals surface area contributed by atoms with Crippen molar-refractivity contribution >= 4 is 46.4 Å². The number of primary amides is 1. The fourth-order valence-corrected chi connectivity index (χ4v) is 3.46. The molecular weight excluding hydrogens is 392 g/mol. The lowest BCUT2D eigenvalue weighted by atomic mass is 10.1. The van der Waals surface area contributed by atoms with Crippen molar-refractivity contribution in [2.45, 2.75) is 13.1 Å². The van der Waals surface area contributed by atoms with Gasteiger partial charge in [0.25, 0.3) is 5.91 Å². The lowest BCUT2D eigenvalue weighted by Crippen LogP contribution is -2.30. The topological polar surface area (TPSA) is 97.4 Å². The molecule has 1 saturated heterocycles. The van der Waals surface area contributed by atoms with Crippen LogP contribution in [0.4, 0.5) is 4.79 Å². The summed E-state index contributed by atoms with van der Waals surface area (Å²) >= 11 is 5.88. The monoisotopic (exact) mass is 408 g/mol. The molecular formula is C21H17ClN4O3. The lowest BCUT2D eigenvalue weighted by molar-refractivity contribution is -0.123. The molecule has 2 heterocycles. The Balaban J connectivity index is 1.65. The number of carbonyl (C=O) groups is 3. The summed E-state index contributed by atoms with van der Waals surface area (Å²) in [4.78, 5) is 37.6. The Labute approximate surface area is 171 Å².